The van der Waals surface area contributed by atoms with Crippen molar-refractivity contribution in [2.24, 2.45) is 0 Å². The topological polar surface area (TPSA) is 32.3 Å². The Labute approximate surface area is 120 Å². The number of carbonyl (C=O) groups excluding carboxylic acids is 1. The van der Waals surface area contributed by atoms with Crippen LogP contribution in [0.4, 0.5) is 4.39 Å². The summed E-state index contributed by atoms with van der Waals surface area (Å²) in [5, 5.41) is 3.40. The van der Waals surface area contributed by atoms with Crippen LogP contribution in [0.3, 0.4) is 0 Å². The summed E-state index contributed by atoms with van der Waals surface area (Å²) in [7, 11) is 0. The van der Waals surface area contributed by atoms with Crippen LogP contribution in [0.15, 0.2) is 18.2 Å². The molecular formula is C16H23FN2O. The highest BCUT2D eigenvalue weighted by molar-refractivity contribution is 5.77. The Morgan fingerprint density at radius 1 is 1.45 bits per heavy atom. The quantitative estimate of drug-likeness (QED) is 0.867. The SMILES string of the molecule is Cc1ccc(F)cc1CN[C@H](C)CCN1CCCC1=O. The first-order chi connectivity index (χ1) is 9.56. The Kier molecular flexibility index (Phi) is 5.12. The number of benzene rings is 1. The Balaban J connectivity index is 1.75. The number of carbonyl (C=O) groups is 1. The maximum atomic E-state index is 13.2. The lowest BCUT2D eigenvalue weighted by atomic mass is 10.1. The Morgan fingerprint density at radius 3 is 2.95 bits per heavy atom. The van der Waals surface area contributed by atoms with Crippen LogP contribution in [0.1, 0.15) is 37.3 Å². The minimum Gasteiger partial charge on any atom is -0.343 e. The van der Waals surface area contributed by atoms with E-state index in [1.54, 1.807) is 12.1 Å². The van der Waals surface area contributed by atoms with Crippen molar-refractivity contribution in [2.45, 2.75) is 45.7 Å². The number of aryl methyl sites for hydroxylation is 1. The maximum Gasteiger partial charge on any atom is 0.222 e. The molecule has 0 spiro atoms. The van der Waals surface area contributed by atoms with E-state index in [1.807, 2.05) is 11.8 Å². The highest BCUT2D eigenvalue weighted by Gasteiger charge is 2.19. The average Bonchev–Trinajstić information content (AvgIpc) is 2.83. The number of rotatable bonds is 6. The summed E-state index contributed by atoms with van der Waals surface area (Å²) >= 11 is 0. The molecule has 2 rings (SSSR count). The highest BCUT2D eigenvalue weighted by atomic mass is 19.1. The molecule has 4 heteroatoms. The number of amides is 1. The molecule has 1 aliphatic heterocycles. The predicted octanol–water partition coefficient (Wildman–Crippen LogP) is 2.62. The molecule has 1 amide bonds. The zero-order valence-corrected chi connectivity index (χ0v) is 12.3. The molecule has 1 aliphatic rings. The lowest BCUT2D eigenvalue weighted by molar-refractivity contribution is -0.127. The third kappa shape index (κ3) is 4.04. The van der Waals surface area contributed by atoms with Gasteiger partial charge in [0.1, 0.15) is 5.82 Å². The molecule has 20 heavy (non-hydrogen) atoms. The second-order valence-electron chi connectivity index (χ2n) is 5.63. The molecule has 0 bridgehead atoms. The summed E-state index contributed by atoms with van der Waals surface area (Å²) in [5.41, 5.74) is 2.09. The first-order valence-electron chi connectivity index (χ1n) is 7.32. The third-order valence-corrected chi connectivity index (χ3v) is 3.96. The molecule has 1 saturated heterocycles. The molecule has 0 radical (unpaired) electrons. The van der Waals surface area contributed by atoms with Crippen LogP contribution in [0.2, 0.25) is 0 Å². The molecule has 1 aromatic rings. The van der Waals surface area contributed by atoms with E-state index in [0.717, 1.165) is 37.1 Å². The van der Waals surface area contributed by atoms with Gasteiger partial charge in [-0.1, -0.05) is 6.07 Å². The van der Waals surface area contributed by atoms with Gasteiger partial charge in [-0.15, -0.1) is 0 Å². The molecule has 0 unspecified atom stereocenters. The predicted molar refractivity (Wildman–Crippen MR) is 77.9 cm³/mol. The first kappa shape index (κ1) is 15.0. The fraction of sp³-hybridized carbons (Fsp3) is 0.562. The van der Waals surface area contributed by atoms with E-state index in [-0.39, 0.29) is 11.7 Å². The molecule has 0 saturated carbocycles. The first-order valence-corrected chi connectivity index (χ1v) is 7.32. The van der Waals surface area contributed by atoms with Gasteiger partial charge < -0.3 is 10.2 Å². The Morgan fingerprint density at radius 2 is 2.25 bits per heavy atom. The van der Waals surface area contributed by atoms with Gasteiger partial charge in [0.2, 0.25) is 5.91 Å². The lowest BCUT2D eigenvalue weighted by Gasteiger charge is -2.20. The standard InChI is InChI=1S/C16H23FN2O/c1-12-5-6-15(17)10-14(12)11-18-13(2)7-9-19-8-3-4-16(19)20/h5-6,10,13,18H,3-4,7-9,11H2,1-2H3/t13-/m1/s1. The van der Waals surface area contributed by atoms with Crippen molar-refractivity contribution in [1.29, 1.82) is 0 Å². The summed E-state index contributed by atoms with van der Waals surface area (Å²) in [6.07, 6.45) is 2.62. The molecule has 1 N–H and O–H groups in total. The normalized spacial score (nSPS) is 16.8. The van der Waals surface area contributed by atoms with Crippen molar-refractivity contribution in [1.82, 2.24) is 10.2 Å². The van der Waals surface area contributed by atoms with Crippen molar-refractivity contribution in [3.8, 4) is 0 Å². The molecule has 3 nitrogen and oxygen atoms in total. The van der Waals surface area contributed by atoms with Gasteiger partial charge in [0.05, 0.1) is 0 Å². The number of likely N-dealkylation sites (tertiary alicyclic amines) is 1. The van der Waals surface area contributed by atoms with Gasteiger partial charge in [-0.3, -0.25) is 4.79 Å². The van der Waals surface area contributed by atoms with Crippen LogP contribution in [0, 0.1) is 12.7 Å². The van der Waals surface area contributed by atoms with Crippen LogP contribution in [0.5, 0.6) is 0 Å². The number of halogens is 1. The van der Waals surface area contributed by atoms with E-state index in [1.165, 1.54) is 6.07 Å². The van der Waals surface area contributed by atoms with Crippen LogP contribution in [0.25, 0.3) is 0 Å². The van der Waals surface area contributed by atoms with E-state index < -0.39 is 0 Å². The van der Waals surface area contributed by atoms with E-state index >= 15 is 0 Å². The van der Waals surface area contributed by atoms with E-state index in [9.17, 15) is 9.18 Å². The van der Waals surface area contributed by atoms with E-state index in [0.29, 0.717) is 19.0 Å². The molecule has 0 aliphatic carbocycles. The van der Waals surface area contributed by atoms with Gasteiger partial charge in [-0.05, 0) is 49.9 Å². The second-order valence-corrected chi connectivity index (χ2v) is 5.63. The Hall–Kier alpha value is -1.42. The van der Waals surface area contributed by atoms with Gasteiger partial charge in [-0.2, -0.15) is 0 Å². The molecule has 0 aromatic heterocycles. The average molecular weight is 278 g/mol. The van der Waals surface area contributed by atoms with Crippen molar-refractivity contribution in [3.05, 3.63) is 35.1 Å². The zero-order valence-electron chi connectivity index (χ0n) is 12.3. The second kappa shape index (κ2) is 6.84. The Bertz CT molecular complexity index is 476. The van der Waals surface area contributed by atoms with Crippen LogP contribution >= 0.6 is 0 Å². The zero-order chi connectivity index (χ0) is 14.5. The summed E-state index contributed by atoms with van der Waals surface area (Å²) in [5.74, 6) is 0.0842. The van der Waals surface area contributed by atoms with E-state index in [2.05, 4.69) is 12.2 Å². The van der Waals surface area contributed by atoms with Gasteiger partial charge in [0.15, 0.2) is 0 Å². The highest BCUT2D eigenvalue weighted by Crippen LogP contribution is 2.12. The number of nitrogens with one attached hydrogen (secondary N) is 1. The molecule has 110 valence electrons. The van der Waals surface area contributed by atoms with Crippen molar-refractivity contribution >= 4 is 5.91 Å². The van der Waals surface area contributed by atoms with Crippen LogP contribution in [-0.4, -0.2) is 29.9 Å². The van der Waals surface area contributed by atoms with Gasteiger partial charge in [-0.25, -0.2) is 4.39 Å². The summed E-state index contributed by atoms with van der Waals surface area (Å²) in [6, 6.07) is 5.19. The lowest BCUT2D eigenvalue weighted by Crippen LogP contribution is -2.33. The molecule has 1 aromatic carbocycles. The van der Waals surface area contributed by atoms with Gasteiger partial charge in [0.25, 0.3) is 0 Å². The number of hydrogen-bond acceptors (Lipinski definition) is 2. The van der Waals surface area contributed by atoms with Crippen molar-refractivity contribution < 1.29 is 9.18 Å². The minimum absolute atomic E-state index is 0.192. The molecule has 1 heterocycles. The fourth-order valence-corrected chi connectivity index (χ4v) is 2.51. The summed E-state index contributed by atoms with van der Waals surface area (Å²) < 4.78 is 13.2. The molecule has 1 fully saturated rings. The third-order valence-electron chi connectivity index (χ3n) is 3.96. The van der Waals surface area contributed by atoms with Gasteiger partial charge >= 0.3 is 0 Å². The minimum atomic E-state index is -0.192. The molecular weight excluding hydrogens is 255 g/mol. The largest absolute Gasteiger partial charge is 0.343 e. The number of nitrogens with zero attached hydrogens (tertiary/aromatic N) is 1. The van der Waals surface area contributed by atoms with Crippen LogP contribution in [-0.2, 0) is 11.3 Å². The van der Waals surface area contributed by atoms with Crippen LogP contribution < -0.4 is 5.32 Å². The smallest absolute Gasteiger partial charge is 0.222 e. The monoisotopic (exact) mass is 278 g/mol. The maximum absolute atomic E-state index is 13.2. The summed E-state index contributed by atoms with van der Waals surface area (Å²) in [6.45, 7) is 6.47. The van der Waals surface area contributed by atoms with Gasteiger partial charge in [0, 0.05) is 32.1 Å². The molecule has 1 atom stereocenters. The fourth-order valence-electron chi connectivity index (χ4n) is 2.51. The number of hydrogen-bond donors (Lipinski definition) is 1. The van der Waals surface area contributed by atoms with Crippen molar-refractivity contribution in [3.63, 3.8) is 0 Å². The van der Waals surface area contributed by atoms with Crippen molar-refractivity contribution in [2.75, 3.05) is 13.1 Å². The summed E-state index contributed by atoms with van der Waals surface area (Å²) in [4.78, 5) is 13.4. The van der Waals surface area contributed by atoms with E-state index in [4.69, 9.17) is 0 Å².